The Kier molecular flexibility index (Phi) is 3.99. The van der Waals surface area contributed by atoms with Crippen molar-refractivity contribution in [3.63, 3.8) is 0 Å². The van der Waals surface area contributed by atoms with Crippen LogP contribution in [0.5, 0.6) is 0 Å². The number of aldehydes is 1. The Morgan fingerprint density at radius 3 is 2.72 bits per heavy atom. The average Bonchev–Trinajstić information content (AvgIpc) is 2.40. The molecule has 0 fully saturated rings. The maximum atomic E-state index is 11.0. The van der Waals surface area contributed by atoms with Gasteiger partial charge in [-0.25, -0.2) is 9.97 Å². The molecular weight excluding hydrogens is 250 g/mol. The van der Waals surface area contributed by atoms with Crippen LogP contribution in [0.15, 0.2) is 24.7 Å². The molecular formula is C13H12ClN3O. The molecule has 2 aromatic rings. The molecule has 0 unspecified atom stereocenters. The van der Waals surface area contributed by atoms with Gasteiger partial charge in [0.25, 0.3) is 0 Å². The number of hydrogen-bond acceptors (Lipinski definition) is 4. The molecule has 2 heterocycles. The van der Waals surface area contributed by atoms with Crippen molar-refractivity contribution in [2.75, 3.05) is 0 Å². The molecule has 5 heteroatoms. The molecule has 0 saturated heterocycles. The summed E-state index contributed by atoms with van der Waals surface area (Å²) in [5, 5.41) is 0.181. The first-order chi connectivity index (χ1) is 8.74. The van der Waals surface area contributed by atoms with Gasteiger partial charge in [0.15, 0.2) is 6.29 Å². The van der Waals surface area contributed by atoms with Gasteiger partial charge in [-0.3, -0.25) is 9.78 Å². The second kappa shape index (κ2) is 5.69. The van der Waals surface area contributed by atoms with Gasteiger partial charge in [0.2, 0.25) is 0 Å². The van der Waals surface area contributed by atoms with Gasteiger partial charge in [0, 0.05) is 18.3 Å². The van der Waals surface area contributed by atoms with E-state index in [1.165, 1.54) is 11.9 Å². The van der Waals surface area contributed by atoms with Gasteiger partial charge in [-0.15, -0.1) is 0 Å². The van der Waals surface area contributed by atoms with Crippen molar-refractivity contribution in [1.82, 2.24) is 15.0 Å². The molecule has 0 N–H and O–H groups in total. The predicted octanol–water partition coefficient (Wildman–Crippen LogP) is 2.49. The molecule has 0 atom stereocenters. The van der Waals surface area contributed by atoms with Crippen molar-refractivity contribution in [3.8, 4) is 0 Å². The summed E-state index contributed by atoms with van der Waals surface area (Å²) >= 11 is 5.84. The third kappa shape index (κ3) is 2.71. The zero-order chi connectivity index (χ0) is 13.0. The first-order valence-corrected chi connectivity index (χ1v) is 6.00. The topological polar surface area (TPSA) is 55.7 Å². The van der Waals surface area contributed by atoms with Crippen molar-refractivity contribution >= 4 is 17.9 Å². The van der Waals surface area contributed by atoms with Crippen LogP contribution in [0.25, 0.3) is 0 Å². The lowest BCUT2D eigenvalue weighted by molar-refractivity contribution is 0.112. The van der Waals surface area contributed by atoms with Crippen molar-refractivity contribution in [1.29, 1.82) is 0 Å². The Bertz CT molecular complexity index is 555. The molecule has 2 rings (SSSR count). The smallest absolute Gasteiger partial charge is 0.155 e. The number of aryl methyl sites for hydroxylation is 1. The van der Waals surface area contributed by atoms with Gasteiger partial charge >= 0.3 is 0 Å². The lowest BCUT2D eigenvalue weighted by Crippen LogP contribution is -2.02. The maximum absolute atomic E-state index is 11.0. The van der Waals surface area contributed by atoms with Gasteiger partial charge in [-0.1, -0.05) is 24.6 Å². The van der Waals surface area contributed by atoms with Crippen molar-refractivity contribution in [2.24, 2.45) is 0 Å². The quantitative estimate of drug-likeness (QED) is 0.627. The summed E-state index contributed by atoms with van der Waals surface area (Å²) in [5.74, 6) is 0. The molecule has 0 aliphatic rings. The molecule has 0 radical (unpaired) electrons. The number of pyridine rings is 1. The SMILES string of the molecule is CCc1ccc(Cc2ncnc(Cl)c2C=O)nc1. The Morgan fingerprint density at radius 1 is 1.28 bits per heavy atom. The van der Waals surface area contributed by atoms with Gasteiger partial charge in [-0.05, 0) is 18.1 Å². The Balaban J connectivity index is 2.28. The molecule has 0 spiro atoms. The number of halogens is 1. The van der Waals surface area contributed by atoms with Gasteiger partial charge in [-0.2, -0.15) is 0 Å². The Morgan fingerprint density at radius 2 is 2.11 bits per heavy atom. The Labute approximate surface area is 110 Å². The Hall–Kier alpha value is -1.81. The standard InChI is InChI=1S/C13H12ClN3O/c1-2-9-3-4-10(15-6-9)5-12-11(7-18)13(14)17-8-16-12/h3-4,6-8H,2,5H2,1H3. The van der Waals surface area contributed by atoms with E-state index in [0.29, 0.717) is 24.0 Å². The van der Waals surface area contributed by atoms with E-state index in [9.17, 15) is 4.79 Å². The largest absolute Gasteiger partial charge is 0.298 e. The normalized spacial score (nSPS) is 10.3. The van der Waals surface area contributed by atoms with Crippen LogP contribution in [0.2, 0.25) is 5.15 Å². The third-order valence-electron chi connectivity index (χ3n) is 2.68. The zero-order valence-corrected chi connectivity index (χ0v) is 10.7. The maximum Gasteiger partial charge on any atom is 0.155 e. The van der Waals surface area contributed by atoms with Crippen LogP contribution in [-0.4, -0.2) is 21.2 Å². The molecule has 4 nitrogen and oxygen atoms in total. The van der Waals surface area contributed by atoms with Crippen molar-refractivity contribution in [3.05, 3.63) is 52.3 Å². The number of carbonyl (C=O) groups is 1. The summed E-state index contributed by atoms with van der Waals surface area (Å²) in [6, 6.07) is 3.95. The lowest BCUT2D eigenvalue weighted by Gasteiger charge is -2.04. The highest BCUT2D eigenvalue weighted by Crippen LogP contribution is 2.15. The fourth-order valence-corrected chi connectivity index (χ4v) is 1.80. The summed E-state index contributed by atoms with van der Waals surface area (Å²) in [7, 11) is 0. The van der Waals surface area contributed by atoms with E-state index >= 15 is 0 Å². The number of rotatable bonds is 4. The average molecular weight is 262 g/mol. The second-order valence-corrected chi connectivity index (χ2v) is 4.19. The summed E-state index contributed by atoms with van der Waals surface area (Å²) < 4.78 is 0. The highest BCUT2D eigenvalue weighted by molar-refractivity contribution is 6.31. The zero-order valence-electron chi connectivity index (χ0n) is 9.93. The van der Waals surface area contributed by atoms with E-state index in [1.54, 1.807) is 0 Å². The van der Waals surface area contributed by atoms with E-state index in [0.717, 1.165) is 12.1 Å². The van der Waals surface area contributed by atoms with E-state index in [1.807, 2.05) is 18.3 Å². The number of hydrogen-bond donors (Lipinski definition) is 0. The summed E-state index contributed by atoms with van der Waals surface area (Å²) in [4.78, 5) is 23.1. The molecule has 2 aromatic heterocycles. The first kappa shape index (κ1) is 12.6. The minimum atomic E-state index is 0.181. The van der Waals surface area contributed by atoms with Crippen LogP contribution in [-0.2, 0) is 12.8 Å². The molecule has 0 bridgehead atoms. The van der Waals surface area contributed by atoms with E-state index in [2.05, 4.69) is 21.9 Å². The van der Waals surface area contributed by atoms with Crippen LogP contribution in [0, 0.1) is 0 Å². The first-order valence-electron chi connectivity index (χ1n) is 5.63. The fraction of sp³-hybridized carbons (Fsp3) is 0.231. The number of carbonyl (C=O) groups excluding carboxylic acids is 1. The summed E-state index contributed by atoms with van der Waals surface area (Å²) in [6.07, 6.45) is 5.29. The van der Waals surface area contributed by atoms with Crippen LogP contribution < -0.4 is 0 Å². The predicted molar refractivity (Wildman–Crippen MR) is 68.9 cm³/mol. The van der Waals surface area contributed by atoms with Gasteiger partial charge < -0.3 is 0 Å². The monoisotopic (exact) mass is 261 g/mol. The fourth-order valence-electron chi connectivity index (χ4n) is 1.61. The van der Waals surface area contributed by atoms with Gasteiger partial charge in [0.1, 0.15) is 11.5 Å². The molecule has 0 amide bonds. The van der Waals surface area contributed by atoms with Crippen molar-refractivity contribution < 1.29 is 4.79 Å². The number of aromatic nitrogens is 3. The highest BCUT2D eigenvalue weighted by Gasteiger charge is 2.10. The van der Waals surface area contributed by atoms with Gasteiger partial charge in [0.05, 0.1) is 11.3 Å². The minimum absolute atomic E-state index is 0.181. The molecule has 0 saturated carbocycles. The highest BCUT2D eigenvalue weighted by atomic mass is 35.5. The van der Waals surface area contributed by atoms with Crippen molar-refractivity contribution in [2.45, 2.75) is 19.8 Å². The van der Waals surface area contributed by atoms with E-state index < -0.39 is 0 Å². The van der Waals surface area contributed by atoms with E-state index in [4.69, 9.17) is 11.6 Å². The minimum Gasteiger partial charge on any atom is -0.298 e. The molecule has 18 heavy (non-hydrogen) atoms. The third-order valence-corrected chi connectivity index (χ3v) is 2.98. The number of nitrogens with zero attached hydrogens (tertiary/aromatic N) is 3. The van der Waals surface area contributed by atoms with Crippen LogP contribution >= 0.6 is 11.6 Å². The van der Waals surface area contributed by atoms with E-state index in [-0.39, 0.29) is 5.15 Å². The summed E-state index contributed by atoms with van der Waals surface area (Å²) in [5.41, 5.74) is 2.96. The molecule has 92 valence electrons. The van der Waals surface area contributed by atoms with Crippen LogP contribution in [0.4, 0.5) is 0 Å². The lowest BCUT2D eigenvalue weighted by atomic mass is 10.1. The second-order valence-electron chi connectivity index (χ2n) is 3.83. The molecule has 0 aromatic carbocycles. The molecule has 0 aliphatic carbocycles. The van der Waals surface area contributed by atoms with Crippen LogP contribution in [0.1, 0.15) is 34.2 Å². The summed E-state index contributed by atoms with van der Waals surface area (Å²) in [6.45, 7) is 2.07. The molecule has 0 aliphatic heterocycles. The van der Waals surface area contributed by atoms with Crippen LogP contribution in [0.3, 0.4) is 0 Å².